The number of nitrogens with zero attached hydrogens (tertiary/aromatic N) is 1. The van der Waals surface area contributed by atoms with E-state index >= 15 is 0 Å². The van der Waals surface area contributed by atoms with Gasteiger partial charge in [0.05, 0.1) is 6.07 Å². The Balaban J connectivity index is 2.31. The number of aryl methyl sites for hydroxylation is 1. The molecule has 0 spiro atoms. The van der Waals surface area contributed by atoms with Gasteiger partial charge in [0.1, 0.15) is 5.54 Å². The van der Waals surface area contributed by atoms with Crippen molar-refractivity contribution in [1.82, 2.24) is 5.32 Å². The van der Waals surface area contributed by atoms with Gasteiger partial charge in [-0.15, -0.1) is 0 Å². The zero-order valence-electron chi connectivity index (χ0n) is 10.3. The number of nitriles is 1. The predicted molar refractivity (Wildman–Crippen MR) is 72.6 cm³/mol. The molecule has 1 unspecified atom stereocenters. The van der Waals surface area contributed by atoms with Crippen LogP contribution in [0.5, 0.6) is 0 Å². The number of halogens is 1. The molecule has 0 amide bonds. The van der Waals surface area contributed by atoms with E-state index in [1.54, 1.807) is 0 Å². The third-order valence-corrected chi connectivity index (χ3v) is 3.79. The molecule has 1 aliphatic rings. The molecule has 0 aromatic heterocycles. The van der Waals surface area contributed by atoms with Gasteiger partial charge in [-0.3, -0.25) is 5.32 Å². The maximum Gasteiger partial charge on any atom is 0.132 e. The number of hydrogen-bond donors (Lipinski definition) is 1. The highest BCUT2D eigenvalue weighted by atomic mass is 79.9. The third kappa shape index (κ3) is 2.38. The number of fused-ring (bicyclic) bond motifs is 1. The second-order valence-corrected chi connectivity index (χ2v) is 6.01. The van der Waals surface area contributed by atoms with Gasteiger partial charge in [0.15, 0.2) is 0 Å². The van der Waals surface area contributed by atoms with Crippen LogP contribution in [0.1, 0.15) is 31.4 Å². The zero-order valence-corrected chi connectivity index (χ0v) is 11.8. The Morgan fingerprint density at radius 3 is 2.94 bits per heavy atom. The van der Waals surface area contributed by atoms with Crippen LogP contribution in [-0.2, 0) is 12.0 Å². The van der Waals surface area contributed by atoms with Crippen molar-refractivity contribution in [2.75, 3.05) is 6.54 Å². The molecule has 0 radical (unpaired) electrons. The van der Waals surface area contributed by atoms with Gasteiger partial charge in [0.2, 0.25) is 0 Å². The van der Waals surface area contributed by atoms with Gasteiger partial charge in [0.25, 0.3) is 0 Å². The quantitative estimate of drug-likeness (QED) is 0.927. The van der Waals surface area contributed by atoms with Crippen LogP contribution < -0.4 is 5.32 Å². The molecule has 0 fully saturated rings. The molecule has 90 valence electrons. The van der Waals surface area contributed by atoms with Crippen LogP contribution in [0.3, 0.4) is 0 Å². The van der Waals surface area contributed by atoms with Crippen LogP contribution in [0.15, 0.2) is 22.7 Å². The molecule has 1 aliphatic carbocycles. The van der Waals surface area contributed by atoms with Crippen molar-refractivity contribution in [2.24, 2.45) is 5.92 Å². The zero-order chi connectivity index (χ0) is 12.5. The highest BCUT2D eigenvalue weighted by Crippen LogP contribution is 2.37. The SMILES string of the molecule is CC(C)CNC1(C#N)CCc2cc(Br)ccc21. The lowest BCUT2D eigenvalue weighted by atomic mass is 9.93. The number of nitrogens with one attached hydrogen (secondary N) is 1. The van der Waals surface area contributed by atoms with Crippen LogP contribution >= 0.6 is 15.9 Å². The Bertz CT molecular complexity index is 462. The predicted octanol–water partition coefficient (Wildman–Crippen LogP) is 3.36. The van der Waals surface area contributed by atoms with Gasteiger partial charge in [0, 0.05) is 4.47 Å². The molecular formula is C14H17BrN2. The molecule has 3 heteroatoms. The molecule has 0 saturated carbocycles. The average Bonchev–Trinajstić information content (AvgIpc) is 2.65. The third-order valence-electron chi connectivity index (χ3n) is 3.30. The summed E-state index contributed by atoms with van der Waals surface area (Å²) in [5, 5.41) is 13.0. The normalized spacial score (nSPS) is 22.5. The topological polar surface area (TPSA) is 35.8 Å². The molecule has 1 N–H and O–H groups in total. The van der Waals surface area contributed by atoms with Gasteiger partial charge >= 0.3 is 0 Å². The molecule has 0 bridgehead atoms. The van der Waals surface area contributed by atoms with Crippen LogP contribution in [0.4, 0.5) is 0 Å². The van der Waals surface area contributed by atoms with E-state index in [0.717, 1.165) is 29.4 Å². The van der Waals surface area contributed by atoms with Crippen molar-refractivity contribution in [1.29, 1.82) is 5.26 Å². The summed E-state index contributed by atoms with van der Waals surface area (Å²) in [5.41, 5.74) is 1.97. The molecule has 1 aromatic carbocycles. The molecule has 0 aliphatic heterocycles. The summed E-state index contributed by atoms with van der Waals surface area (Å²) >= 11 is 3.48. The maximum atomic E-state index is 9.52. The van der Waals surface area contributed by atoms with Gasteiger partial charge in [-0.05, 0) is 48.6 Å². The molecular weight excluding hydrogens is 276 g/mol. The minimum atomic E-state index is -0.472. The second kappa shape index (κ2) is 4.80. The van der Waals surface area contributed by atoms with Crippen LogP contribution in [-0.4, -0.2) is 6.54 Å². The summed E-state index contributed by atoms with van der Waals surface area (Å²) < 4.78 is 1.09. The highest BCUT2D eigenvalue weighted by Gasteiger charge is 2.38. The number of hydrogen-bond acceptors (Lipinski definition) is 2. The van der Waals surface area contributed by atoms with Crippen molar-refractivity contribution in [2.45, 2.75) is 32.2 Å². The first-order valence-corrected chi connectivity index (χ1v) is 6.82. The molecule has 0 heterocycles. The van der Waals surface area contributed by atoms with Gasteiger partial charge in [-0.1, -0.05) is 35.8 Å². The molecule has 0 saturated heterocycles. The van der Waals surface area contributed by atoms with Crippen molar-refractivity contribution in [3.63, 3.8) is 0 Å². The second-order valence-electron chi connectivity index (χ2n) is 5.09. The van der Waals surface area contributed by atoms with Gasteiger partial charge in [-0.2, -0.15) is 5.26 Å². The van der Waals surface area contributed by atoms with E-state index < -0.39 is 5.54 Å². The smallest absolute Gasteiger partial charge is 0.132 e. The Hall–Kier alpha value is -0.850. The van der Waals surface area contributed by atoms with Crippen LogP contribution in [0, 0.1) is 17.2 Å². The van der Waals surface area contributed by atoms with E-state index in [0.29, 0.717) is 5.92 Å². The monoisotopic (exact) mass is 292 g/mol. The van der Waals surface area contributed by atoms with E-state index in [1.807, 2.05) is 6.07 Å². The van der Waals surface area contributed by atoms with Crippen LogP contribution in [0.25, 0.3) is 0 Å². The van der Waals surface area contributed by atoms with E-state index in [1.165, 1.54) is 5.56 Å². The summed E-state index contributed by atoms with van der Waals surface area (Å²) in [6.07, 6.45) is 1.86. The fourth-order valence-corrected chi connectivity index (χ4v) is 2.77. The van der Waals surface area contributed by atoms with E-state index in [4.69, 9.17) is 0 Å². The van der Waals surface area contributed by atoms with Crippen LogP contribution in [0.2, 0.25) is 0 Å². The summed E-state index contributed by atoms with van der Waals surface area (Å²) in [6.45, 7) is 5.20. The fourth-order valence-electron chi connectivity index (χ4n) is 2.36. The lowest BCUT2D eigenvalue weighted by Gasteiger charge is -2.25. The van der Waals surface area contributed by atoms with E-state index in [9.17, 15) is 5.26 Å². The molecule has 17 heavy (non-hydrogen) atoms. The minimum Gasteiger partial charge on any atom is -0.295 e. The molecule has 2 nitrogen and oxygen atoms in total. The summed E-state index contributed by atoms with van der Waals surface area (Å²) in [7, 11) is 0. The van der Waals surface area contributed by atoms with Crippen molar-refractivity contribution in [3.8, 4) is 6.07 Å². The summed E-state index contributed by atoms with van der Waals surface area (Å²) in [6, 6.07) is 8.71. The lowest BCUT2D eigenvalue weighted by Crippen LogP contribution is -2.41. The Labute approximate surface area is 111 Å². The average molecular weight is 293 g/mol. The highest BCUT2D eigenvalue weighted by molar-refractivity contribution is 9.10. The molecule has 1 atom stereocenters. The number of benzene rings is 1. The molecule has 2 rings (SSSR count). The van der Waals surface area contributed by atoms with Crippen molar-refractivity contribution >= 4 is 15.9 Å². The first-order chi connectivity index (χ1) is 8.07. The van der Waals surface area contributed by atoms with Crippen molar-refractivity contribution < 1.29 is 0 Å². The standard InChI is InChI=1S/C14H17BrN2/c1-10(2)8-17-14(9-16)6-5-11-7-12(15)3-4-13(11)14/h3-4,7,10,17H,5-6,8H2,1-2H3. The van der Waals surface area contributed by atoms with E-state index in [2.05, 4.69) is 53.3 Å². The largest absolute Gasteiger partial charge is 0.295 e. The maximum absolute atomic E-state index is 9.52. The Morgan fingerprint density at radius 1 is 1.53 bits per heavy atom. The fraction of sp³-hybridized carbons (Fsp3) is 0.500. The first-order valence-electron chi connectivity index (χ1n) is 6.02. The minimum absolute atomic E-state index is 0.472. The summed E-state index contributed by atoms with van der Waals surface area (Å²) in [5.74, 6) is 0.555. The molecule has 1 aromatic rings. The Morgan fingerprint density at radius 2 is 2.29 bits per heavy atom. The van der Waals surface area contributed by atoms with Gasteiger partial charge in [-0.25, -0.2) is 0 Å². The van der Waals surface area contributed by atoms with E-state index in [-0.39, 0.29) is 0 Å². The first kappa shape index (κ1) is 12.6. The summed E-state index contributed by atoms with van der Waals surface area (Å²) in [4.78, 5) is 0. The lowest BCUT2D eigenvalue weighted by molar-refractivity contribution is 0.393. The van der Waals surface area contributed by atoms with Gasteiger partial charge < -0.3 is 0 Å². The van der Waals surface area contributed by atoms with Crippen molar-refractivity contribution in [3.05, 3.63) is 33.8 Å². The number of rotatable bonds is 3. The Kier molecular flexibility index (Phi) is 3.56.